The Morgan fingerprint density at radius 2 is 1.86 bits per heavy atom. The van der Waals surface area contributed by atoms with Crippen LogP contribution < -0.4 is 11.1 Å². The van der Waals surface area contributed by atoms with Crippen LogP contribution in [0.4, 0.5) is 8.78 Å². The molecule has 3 N–H and O–H groups in total. The van der Waals surface area contributed by atoms with Crippen LogP contribution in [0.1, 0.15) is 66.4 Å². The summed E-state index contributed by atoms with van der Waals surface area (Å²) in [5, 5.41) is 8.64. The molecule has 4 heterocycles. The molecule has 3 aromatic heterocycles. The summed E-state index contributed by atoms with van der Waals surface area (Å²) in [4.78, 5) is 55.3. The van der Waals surface area contributed by atoms with Crippen molar-refractivity contribution in [2.24, 2.45) is 10.7 Å². The first kappa shape index (κ1) is 37.8. The Bertz CT molecular complexity index is 1730. The Kier molecular flexibility index (Phi) is 13.5. The van der Waals surface area contributed by atoms with Crippen LogP contribution in [0.2, 0.25) is 0 Å². The number of allylic oxidation sites excluding steroid dienone is 1. The average molecular weight is 728 g/mol. The zero-order valence-corrected chi connectivity index (χ0v) is 29.5. The number of thiazole rings is 1. The van der Waals surface area contributed by atoms with Gasteiger partial charge in [-0.2, -0.15) is 9.49 Å². The molecule has 3 aromatic rings. The Hall–Kier alpha value is -4.45. The van der Waals surface area contributed by atoms with Crippen molar-refractivity contribution in [2.75, 3.05) is 53.0 Å². The molecule has 5 rings (SSSR count). The molecule has 0 aromatic carbocycles. The highest BCUT2D eigenvalue weighted by Gasteiger charge is 2.23. The number of aliphatic imine (C=N–C) groups is 1. The highest BCUT2D eigenvalue weighted by molar-refractivity contribution is 7.13. The molecule has 0 spiro atoms. The van der Waals surface area contributed by atoms with Crippen molar-refractivity contribution in [2.45, 2.75) is 57.6 Å². The molecule has 1 aliphatic carbocycles. The Morgan fingerprint density at radius 1 is 1.10 bits per heavy atom. The number of hydrogen-bond acceptors (Lipinski definition) is 13. The summed E-state index contributed by atoms with van der Waals surface area (Å²) in [5.74, 6) is -3.34. The topological polar surface area (TPSA) is 170 Å². The van der Waals surface area contributed by atoms with Gasteiger partial charge in [-0.25, -0.2) is 19.0 Å². The van der Waals surface area contributed by atoms with Crippen LogP contribution in [-0.2, 0) is 14.3 Å². The van der Waals surface area contributed by atoms with Crippen LogP contribution >= 0.6 is 11.3 Å². The van der Waals surface area contributed by atoms with Crippen molar-refractivity contribution in [1.82, 2.24) is 34.9 Å². The van der Waals surface area contributed by atoms with Crippen molar-refractivity contribution in [3.05, 3.63) is 58.8 Å². The van der Waals surface area contributed by atoms with Crippen LogP contribution in [0.25, 0.3) is 16.3 Å². The number of amides is 1. The third-order valence-electron chi connectivity index (χ3n) is 8.70. The summed E-state index contributed by atoms with van der Waals surface area (Å²) in [6, 6.07) is 1.69. The third kappa shape index (κ3) is 10.8. The molecule has 1 aliphatic heterocycles. The summed E-state index contributed by atoms with van der Waals surface area (Å²) in [6.45, 7) is 7.31. The van der Waals surface area contributed by atoms with Crippen molar-refractivity contribution in [3.63, 3.8) is 0 Å². The van der Waals surface area contributed by atoms with Gasteiger partial charge in [-0.15, -0.1) is 11.3 Å². The van der Waals surface area contributed by atoms with Crippen molar-refractivity contribution in [3.8, 4) is 10.6 Å². The summed E-state index contributed by atoms with van der Waals surface area (Å²) in [5.41, 5.74) is 5.89. The highest BCUT2D eigenvalue weighted by atomic mass is 32.1. The number of ether oxygens (including phenoxy) is 2. The van der Waals surface area contributed by atoms with E-state index in [1.165, 1.54) is 24.0 Å². The summed E-state index contributed by atoms with van der Waals surface area (Å²) < 4.78 is 40.7. The molecule has 0 bridgehead atoms. The van der Waals surface area contributed by atoms with Gasteiger partial charge in [-0.1, -0.05) is 0 Å². The van der Waals surface area contributed by atoms with E-state index in [0.29, 0.717) is 23.7 Å². The normalized spacial score (nSPS) is 19.2. The van der Waals surface area contributed by atoms with Gasteiger partial charge in [-0.05, 0) is 51.8 Å². The number of piperazine rings is 1. The Balaban J connectivity index is 1.19. The van der Waals surface area contributed by atoms with Crippen molar-refractivity contribution in [1.29, 1.82) is 0 Å². The molecule has 2 fully saturated rings. The zero-order chi connectivity index (χ0) is 36.3. The monoisotopic (exact) mass is 727 g/mol. The first-order valence-corrected chi connectivity index (χ1v) is 17.9. The summed E-state index contributed by atoms with van der Waals surface area (Å²) in [7, 11) is 2.07. The molecule has 1 saturated heterocycles. The molecular formula is C34H43F2N9O5S. The number of nitrogens with two attached hydrogens (primary N) is 1. The van der Waals surface area contributed by atoms with Crippen LogP contribution in [0, 0.1) is 11.8 Å². The second kappa shape index (κ2) is 18.2. The predicted octanol–water partition coefficient (Wildman–Crippen LogP) is 3.37. The minimum atomic E-state index is -0.939. The van der Waals surface area contributed by atoms with Crippen LogP contribution in [0.15, 0.2) is 40.6 Å². The quantitative estimate of drug-likeness (QED) is 0.142. The van der Waals surface area contributed by atoms with E-state index in [1.54, 1.807) is 0 Å². The Labute approximate surface area is 298 Å². The average Bonchev–Trinajstić information content (AvgIpc) is 3.83. The van der Waals surface area contributed by atoms with E-state index >= 15 is 0 Å². The molecule has 17 heteroatoms. The second-order valence-corrected chi connectivity index (χ2v) is 13.2. The standard InChI is InChI=1S/C34H43F2N9O5S/c1-3-49-24-6-4-23(5-7-24)38-19-26(31(37)32-25(35)8-9-28(36)42-32)40-33(48)27-21-51-34(41-27)22-18-39-45(20-22)29(46)10-11-30(47)50-17-16-44-14-12-43(2)13-15-44/h8-9,18-21,23-24H,3-7,10-17,37H2,1-2H3,(H,40,48)/b31-26+,38-19?. The van der Waals surface area contributed by atoms with E-state index in [1.807, 2.05) is 6.92 Å². The minimum Gasteiger partial charge on any atom is -0.464 e. The highest BCUT2D eigenvalue weighted by Crippen LogP contribution is 2.25. The number of esters is 1. The maximum Gasteiger partial charge on any atom is 0.306 e. The van der Waals surface area contributed by atoms with Crippen LogP contribution in [-0.4, -0.2) is 119 Å². The summed E-state index contributed by atoms with van der Waals surface area (Å²) in [6.07, 6.45) is 7.40. The number of halogens is 2. The minimum absolute atomic E-state index is 0.0111. The fraction of sp³-hybridized carbons (Fsp3) is 0.500. The molecule has 14 nitrogen and oxygen atoms in total. The van der Waals surface area contributed by atoms with E-state index in [-0.39, 0.29) is 48.7 Å². The molecule has 2 aliphatic rings. The largest absolute Gasteiger partial charge is 0.464 e. The van der Waals surface area contributed by atoms with E-state index in [0.717, 1.165) is 80.0 Å². The van der Waals surface area contributed by atoms with Crippen LogP contribution in [0.5, 0.6) is 0 Å². The van der Waals surface area contributed by atoms with Crippen molar-refractivity contribution >= 4 is 41.0 Å². The number of carbonyl (C=O) groups excluding carboxylic acids is 3. The molecule has 1 amide bonds. The number of pyridine rings is 1. The van der Waals surface area contributed by atoms with Gasteiger partial charge in [0.05, 0.1) is 36.2 Å². The molecule has 1 saturated carbocycles. The zero-order valence-electron chi connectivity index (χ0n) is 28.7. The smallest absolute Gasteiger partial charge is 0.306 e. The number of carbonyl (C=O) groups is 3. The van der Waals surface area contributed by atoms with E-state index in [9.17, 15) is 23.2 Å². The molecule has 0 unspecified atom stereocenters. The first-order valence-electron chi connectivity index (χ1n) is 17.0. The molecule has 51 heavy (non-hydrogen) atoms. The lowest BCUT2D eigenvalue weighted by molar-refractivity contribution is -0.144. The number of nitrogens with zero attached hydrogens (tertiary/aromatic N) is 7. The maximum atomic E-state index is 14.6. The van der Waals surface area contributed by atoms with E-state index < -0.39 is 35.2 Å². The van der Waals surface area contributed by atoms with Gasteiger partial charge in [0.15, 0.2) is 5.82 Å². The van der Waals surface area contributed by atoms with E-state index in [4.69, 9.17) is 15.2 Å². The Morgan fingerprint density at radius 3 is 2.61 bits per heavy atom. The molecule has 274 valence electrons. The number of hydrogen-bond donors (Lipinski definition) is 2. The van der Waals surface area contributed by atoms with Gasteiger partial charge in [0, 0.05) is 69.1 Å². The lowest BCUT2D eigenvalue weighted by atomic mass is 9.93. The number of likely N-dealkylation sites (N-methyl/N-ethyl adjacent to an activating group) is 1. The fourth-order valence-corrected chi connectivity index (χ4v) is 6.48. The summed E-state index contributed by atoms with van der Waals surface area (Å²) >= 11 is 1.14. The molecule has 0 radical (unpaired) electrons. The SMILES string of the molecule is CCOC1CCC(N=C/C(NC(=O)c2csc(-c3cnn(C(=O)CCC(=O)OCCN4CCN(C)CC4)c3)n2)=C(\N)c2nc(F)ccc2F)CC1. The molecule has 0 atom stereocenters. The van der Waals surface area contributed by atoms with Gasteiger partial charge >= 0.3 is 5.97 Å². The third-order valence-corrected chi connectivity index (χ3v) is 9.59. The number of nitrogens with one attached hydrogen (secondary N) is 1. The van der Waals surface area contributed by atoms with Gasteiger partial charge in [0.2, 0.25) is 11.9 Å². The number of aromatic nitrogens is 4. The number of rotatable bonds is 14. The second-order valence-electron chi connectivity index (χ2n) is 12.4. The lowest BCUT2D eigenvalue weighted by Crippen LogP contribution is -2.45. The van der Waals surface area contributed by atoms with Gasteiger partial charge in [0.1, 0.15) is 23.0 Å². The first-order chi connectivity index (χ1) is 24.6. The maximum absolute atomic E-state index is 14.6. The van der Waals surface area contributed by atoms with E-state index in [2.05, 4.69) is 42.2 Å². The van der Waals surface area contributed by atoms with Gasteiger partial charge in [-0.3, -0.25) is 24.3 Å². The molecular weight excluding hydrogens is 684 g/mol. The van der Waals surface area contributed by atoms with Crippen LogP contribution in [0.3, 0.4) is 0 Å². The van der Waals surface area contributed by atoms with Gasteiger partial charge in [0.25, 0.3) is 5.91 Å². The lowest BCUT2D eigenvalue weighted by Gasteiger charge is -2.32. The van der Waals surface area contributed by atoms with Gasteiger partial charge < -0.3 is 25.4 Å². The van der Waals surface area contributed by atoms with Crippen molar-refractivity contribution < 1.29 is 32.6 Å². The predicted molar refractivity (Wildman–Crippen MR) is 187 cm³/mol. The fourth-order valence-electron chi connectivity index (χ4n) is 5.70.